The molecule has 0 unspecified atom stereocenters. The van der Waals surface area contributed by atoms with Crippen molar-refractivity contribution in [1.29, 1.82) is 0 Å². The SMILES string of the molecule is CCc1cc(Oc2cc(C(F)(F)F)nn2C)nc(-c2ccc(C(F)(F)F)cc2)n1. The normalized spacial score (nSPS) is 12.3. The lowest BCUT2D eigenvalue weighted by atomic mass is 10.1. The van der Waals surface area contributed by atoms with E-state index in [0.29, 0.717) is 17.7 Å². The van der Waals surface area contributed by atoms with E-state index in [1.54, 1.807) is 6.92 Å². The molecule has 3 aromatic rings. The summed E-state index contributed by atoms with van der Waals surface area (Å²) < 4.78 is 83.0. The predicted octanol–water partition coefficient (Wildman–Crippen LogP) is 5.27. The highest BCUT2D eigenvalue weighted by Gasteiger charge is 2.35. The molecule has 0 fully saturated rings. The van der Waals surface area contributed by atoms with Gasteiger partial charge in [-0.1, -0.05) is 19.1 Å². The van der Waals surface area contributed by atoms with Crippen LogP contribution in [0.4, 0.5) is 26.3 Å². The molecule has 11 heteroatoms. The summed E-state index contributed by atoms with van der Waals surface area (Å²) in [4.78, 5) is 8.36. The van der Waals surface area contributed by atoms with Crippen LogP contribution in [0, 0.1) is 0 Å². The second kappa shape index (κ2) is 7.37. The number of nitrogens with zero attached hydrogens (tertiary/aromatic N) is 4. The number of rotatable bonds is 4. The summed E-state index contributed by atoms with van der Waals surface area (Å²) in [6.45, 7) is 1.79. The molecule has 0 radical (unpaired) electrons. The third-order valence-corrected chi connectivity index (χ3v) is 3.92. The monoisotopic (exact) mass is 416 g/mol. The quantitative estimate of drug-likeness (QED) is 0.544. The summed E-state index contributed by atoms with van der Waals surface area (Å²) in [5.41, 5.74) is -1.14. The van der Waals surface area contributed by atoms with Crippen molar-refractivity contribution in [2.45, 2.75) is 25.7 Å². The fourth-order valence-electron chi connectivity index (χ4n) is 2.43. The van der Waals surface area contributed by atoms with Gasteiger partial charge in [-0.15, -0.1) is 0 Å². The van der Waals surface area contributed by atoms with E-state index in [4.69, 9.17) is 4.74 Å². The number of aryl methyl sites for hydroxylation is 2. The van der Waals surface area contributed by atoms with Gasteiger partial charge in [0.2, 0.25) is 11.8 Å². The van der Waals surface area contributed by atoms with Gasteiger partial charge >= 0.3 is 12.4 Å². The molecule has 0 N–H and O–H groups in total. The summed E-state index contributed by atoms with van der Waals surface area (Å²) >= 11 is 0. The molecule has 2 aromatic heterocycles. The van der Waals surface area contributed by atoms with Gasteiger partial charge in [0, 0.05) is 30.4 Å². The van der Waals surface area contributed by atoms with Crippen LogP contribution in [0.25, 0.3) is 11.4 Å². The van der Waals surface area contributed by atoms with E-state index in [1.807, 2.05) is 0 Å². The predicted molar refractivity (Wildman–Crippen MR) is 90.1 cm³/mol. The smallest absolute Gasteiger partial charge is 0.421 e. The van der Waals surface area contributed by atoms with E-state index in [1.165, 1.54) is 25.2 Å². The largest absolute Gasteiger partial charge is 0.435 e. The summed E-state index contributed by atoms with van der Waals surface area (Å²) in [5, 5.41) is 3.35. The molecule has 3 rings (SSSR count). The molecule has 29 heavy (non-hydrogen) atoms. The standard InChI is InChI=1S/C18H14F6N4O/c1-3-12-8-14(29-15-9-13(18(22,23)24)27-28(15)2)26-16(25-12)10-4-6-11(7-5-10)17(19,20)21/h4-9H,3H2,1-2H3. The second-order valence-corrected chi connectivity index (χ2v) is 6.04. The van der Waals surface area contributed by atoms with Crippen LogP contribution < -0.4 is 4.74 Å². The van der Waals surface area contributed by atoms with Gasteiger partial charge in [-0.05, 0) is 18.6 Å². The third-order valence-electron chi connectivity index (χ3n) is 3.92. The fourth-order valence-corrected chi connectivity index (χ4v) is 2.43. The van der Waals surface area contributed by atoms with E-state index < -0.39 is 23.6 Å². The second-order valence-electron chi connectivity index (χ2n) is 6.04. The van der Waals surface area contributed by atoms with Crippen molar-refractivity contribution in [2.24, 2.45) is 7.05 Å². The third kappa shape index (κ3) is 4.66. The van der Waals surface area contributed by atoms with E-state index in [9.17, 15) is 26.3 Å². The molecule has 0 saturated heterocycles. The van der Waals surface area contributed by atoms with Gasteiger partial charge in [-0.25, -0.2) is 9.67 Å². The lowest BCUT2D eigenvalue weighted by molar-refractivity contribution is -0.141. The van der Waals surface area contributed by atoms with E-state index in [-0.39, 0.29) is 17.6 Å². The van der Waals surface area contributed by atoms with Gasteiger partial charge in [-0.2, -0.15) is 36.4 Å². The van der Waals surface area contributed by atoms with Gasteiger partial charge in [-0.3, -0.25) is 0 Å². The van der Waals surface area contributed by atoms with Gasteiger partial charge < -0.3 is 4.74 Å². The lowest BCUT2D eigenvalue weighted by Gasteiger charge is -2.10. The molecule has 0 aliphatic carbocycles. The maximum absolute atomic E-state index is 12.8. The summed E-state index contributed by atoms with van der Waals surface area (Å²) in [6.07, 6.45) is -8.66. The first-order valence-corrected chi connectivity index (χ1v) is 8.32. The Labute approximate surface area is 161 Å². The minimum Gasteiger partial charge on any atom is -0.421 e. The zero-order valence-electron chi connectivity index (χ0n) is 15.1. The van der Waals surface area contributed by atoms with Gasteiger partial charge in [0.1, 0.15) is 0 Å². The molecule has 0 atom stereocenters. The molecular weight excluding hydrogens is 402 g/mol. The average Bonchev–Trinajstić information content (AvgIpc) is 3.02. The number of alkyl halides is 6. The highest BCUT2D eigenvalue weighted by molar-refractivity contribution is 5.56. The molecule has 0 bridgehead atoms. The van der Waals surface area contributed by atoms with E-state index in [0.717, 1.165) is 22.9 Å². The highest BCUT2D eigenvalue weighted by atomic mass is 19.4. The molecular formula is C18H14F6N4O. The number of hydrogen-bond donors (Lipinski definition) is 0. The van der Waals surface area contributed by atoms with Crippen LogP contribution in [0.1, 0.15) is 23.9 Å². The van der Waals surface area contributed by atoms with Crippen molar-refractivity contribution in [3.8, 4) is 23.1 Å². The Morgan fingerprint density at radius 2 is 1.59 bits per heavy atom. The van der Waals surface area contributed by atoms with Gasteiger partial charge in [0.25, 0.3) is 0 Å². The minimum atomic E-state index is -4.63. The summed E-state index contributed by atoms with van der Waals surface area (Å²) in [7, 11) is 1.28. The van der Waals surface area contributed by atoms with Crippen LogP contribution in [0.3, 0.4) is 0 Å². The zero-order chi connectivity index (χ0) is 21.4. The number of aromatic nitrogens is 4. The molecule has 1 aromatic carbocycles. The topological polar surface area (TPSA) is 52.8 Å². The fraction of sp³-hybridized carbons (Fsp3) is 0.278. The number of benzene rings is 1. The molecule has 154 valence electrons. The highest BCUT2D eigenvalue weighted by Crippen LogP contribution is 2.33. The van der Waals surface area contributed by atoms with Gasteiger partial charge in [0.05, 0.1) is 5.56 Å². The number of ether oxygens (including phenoxy) is 1. The molecule has 0 aliphatic heterocycles. The lowest BCUT2D eigenvalue weighted by Crippen LogP contribution is -2.06. The van der Waals surface area contributed by atoms with E-state index >= 15 is 0 Å². The first-order valence-electron chi connectivity index (χ1n) is 8.32. The maximum Gasteiger partial charge on any atom is 0.435 e. The molecule has 2 heterocycles. The average molecular weight is 416 g/mol. The Balaban J connectivity index is 1.95. The van der Waals surface area contributed by atoms with Crippen molar-refractivity contribution in [1.82, 2.24) is 19.7 Å². The van der Waals surface area contributed by atoms with Gasteiger partial charge in [0.15, 0.2) is 11.5 Å². The first-order chi connectivity index (χ1) is 13.5. The molecule has 0 aliphatic rings. The van der Waals surface area contributed by atoms with Crippen LogP contribution in [0.5, 0.6) is 11.8 Å². The number of halogens is 6. The zero-order valence-corrected chi connectivity index (χ0v) is 15.1. The summed E-state index contributed by atoms with van der Waals surface area (Å²) in [6, 6.07) is 6.39. The van der Waals surface area contributed by atoms with Crippen LogP contribution in [-0.2, 0) is 25.8 Å². The molecule has 0 saturated carbocycles. The molecule has 0 spiro atoms. The maximum atomic E-state index is 12.8. The Morgan fingerprint density at radius 3 is 2.10 bits per heavy atom. The number of hydrogen-bond acceptors (Lipinski definition) is 4. The summed E-state index contributed by atoms with van der Waals surface area (Å²) in [5.74, 6) is -0.161. The van der Waals surface area contributed by atoms with Crippen molar-refractivity contribution < 1.29 is 31.1 Å². The van der Waals surface area contributed by atoms with Crippen LogP contribution in [0.2, 0.25) is 0 Å². The Kier molecular flexibility index (Phi) is 5.24. The van der Waals surface area contributed by atoms with Crippen LogP contribution in [-0.4, -0.2) is 19.7 Å². The van der Waals surface area contributed by atoms with E-state index in [2.05, 4.69) is 15.1 Å². The minimum absolute atomic E-state index is 0.0523. The molecule has 5 nitrogen and oxygen atoms in total. The van der Waals surface area contributed by atoms with Crippen molar-refractivity contribution in [2.75, 3.05) is 0 Å². The Bertz CT molecular complexity index is 1010. The van der Waals surface area contributed by atoms with Crippen molar-refractivity contribution in [3.63, 3.8) is 0 Å². The Hall–Kier alpha value is -3.11. The first kappa shape index (κ1) is 20.6. The van der Waals surface area contributed by atoms with Crippen molar-refractivity contribution in [3.05, 3.63) is 53.3 Å². The van der Waals surface area contributed by atoms with Crippen LogP contribution >= 0.6 is 0 Å². The Morgan fingerprint density at radius 1 is 0.931 bits per heavy atom. The van der Waals surface area contributed by atoms with Crippen LogP contribution in [0.15, 0.2) is 36.4 Å². The molecule has 0 amide bonds. The van der Waals surface area contributed by atoms with Crippen molar-refractivity contribution >= 4 is 0 Å².